The van der Waals surface area contributed by atoms with Gasteiger partial charge in [0.05, 0.1) is 6.54 Å². The Bertz CT molecular complexity index is 814. The first-order valence-corrected chi connectivity index (χ1v) is 10.3. The number of carbonyl (C=O) groups excluding carboxylic acids is 2. The molecule has 154 valence electrons. The molecule has 1 fully saturated rings. The molecule has 29 heavy (non-hydrogen) atoms. The molecule has 3 rings (SSSR count). The van der Waals surface area contributed by atoms with Gasteiger partial charge in [-0.1, -0.05) is 42.8 Å². The number of nitrogens with zero attached hydrogens (tertiary/aromatic N) is 1. The summed E-state index contributed by atoms with van der Waals surface area (Å²) in [4.78, 5) is 26.4. The van der Waals surface area contributed by atoms with E-state index in [4.69, 9.17) is 0 Å². The average molecular weight is 395 g/mol. The van der Waals surface area contributed by atoms with Crippen LogP contribution in [-0.4, -0.2) is 36.5 Å². The number of rotatable bonds is 7. The molecule has 1 saturated heterocycles. The molecule has 2 aromatic rings. The first kappa shape index (κ1) is 20.9. The molecule has 2 aromatic carbocycles. The van der Waals surface area contributed by atoms with Crippen molar-refractivity contribution < 1.29 is 9.59 Å². The van der Waals surface area contributed by atoms with Crippen molar-refractivity contribution in [3.05, 3.63) is 65.2 Å². The Kier molecular flexibility index (Phi) is 7.64. The third-order valence-electron chi connectivity index (χ3n) is 5.05. The van der Waals surface area contributed by atoms with E-state index in [2.05, 4.69) is 45.1 Å². The zero-order valence-corrected chi connectivity index (χ0v) is 17.0. The summed E-state index contributed by atoms with van der Waals surface area (Å²) >= 11 is 0. The molecule has 6 heteroatoms. The third kappa shape index (κ3) is 7.23. The molecule has 3 N–H and O–H groups in total. The Morgan fingerprint density at radius 3 is 2.38 bits per heavy atom. The number of urea groups is 1. The van der Waals surface area contributed by atoms with Crippen LogP contribution in [0.2, 0.25) is 0 Å². The predicted octanol–water partition coefficient (Wildman–Crippen LogP) is 3.42. The Morgan fingerprint density at radius 1 is 0.931 bits per heavy atom. The van der Waals surface area contributed by atoms with Gasteiger partial charge in [-0.15, -0.1) is 0 Å². The summed E-state index contributed by atoms with van der Waals surface area (Å²) in [5.74, 6) is -0.221. The second-order valence-corrected chi connectivity index (χ2v) is 7.61. The highest BCUT2D eigenvalue weighted by atomic mass is 16.2. The number of benzene rings is 2. The van der Waals surface area contributed by atoms with E-state index in [0.29, 0.717) is 12.2 Å². The van der Waals surface area contributed by atoms with Gasteiger partial charge in [-0.2, -0.15) is 0 Å². The lowest BCUT2D eigenvalue weighted by Gasteiger charge is -2.26. The van der Waals surface area contributed by atoms with Crippen molar-refractivity contribution in [3.63, 3.8) is 0 Å². The second kappa shape index (κ2) is 10.6. The lowest BCUT2D eigenvalue weighted by atomic mass is 10.1. The van der Waals surface area contributed by atoms with Crippen molar-refractivity contribution in [2.24, 2.45) is 0 Å². The van der Waals surface area contributed by atoms with E-state index in [1.807, 2.05) is 31.2 Å². The summed E-state index contributed by atoms with van der Waals surface area (Å²) in [6.45, 7) is 5.70. The number of hydrogen-bond donors (Lipinski definition) is 3. The first-order chi connectivity index (χ1) is 14.1. The number of nitrogens with one attached hydrogen (secondary N) is 3. The smallest absolute Gasteiger partial charge is 0.319 e. The highest BCUT2D eigenvalue weighted by molar-refractivity contribution is 5.92. The Hall–Kier alpha value is -2.86. The van der Waals surface area contributed by atoms with Crippen LogP contribution in [-0.2, 0) is 17.9 Å². The minimum Gasteiger partial charge on any atom is -0.350 e. The molecule has 6 nitrogen and oxygen atoms in total. The molecule has 0 spiro atoms. The van der Waals surface area contributed by atoms with E-state index >= 15 is 0 Å². The zero-order valence-electron chi connectivity index (χ0n) is 17.0. The van der Waals surface area contributed by atoms with Gasteiger partial charge in [0.2, 0.25) is 5.91 Å². The third-order valence-corrected chi connectivity index (χ3v) is 5.05. The second-order valence-electron chi connectivity index (χ2n) is 7.61. The van der Waals surface area contributed by atoms with E-state index in [-0.39, 0.29) is 12.5 Å². The van der Waals surface area contributed by atoms with E-state index in [0.717, 1.165) is 17.7 Å². The molecule has 0 aliphatic carbocycles. The minimum atomic E-state index is -0.396. The maximum Gasteiger partial charge on any atom is 0.319 e. The molecule has 0 unspecified atom stereocenters. The monoisotopic (exact) mass is 394 g/mol. The summed E-state index contributed by atoms with van der Waals surface area (Å²) in [6.07, 6.45) is 3.93. The fourth-order valence-corrected chi connectivity index (χ4v) is 3.46. The van der Waals surface area contributed by atoms with Crippen LogP contribution in [0.5, 0.6) is 0 Å². The van der Waals surface area contributed by atoms with E-state index in [9.17, 15) is 9.59 Å². The van der Waals surface area contributed by atoms with Crippen LogP contribution < -0.4 is 16.0 Å². The molecular formula is C23H30N4O2. The summed E-state index contributed by atoms with van der Waals surface area (Å²) in [7, 11) is 0. The van der Waals surface area contributed by atoms with Crippen molar-refractivity contribution in [1.29, 1.82) is 0 Å². The van der Waals surface area contributed by atoms with Gasteiger partial charge in [-0.05, 0) is 61.7 Å². The SMILES string of the molecule is Cc1cccc(NC(=O)NCC(=O)NCc2ccc(CN3CCCCC3)cc2)c1. The molecule has 1 aliphatic heterocycles. The Morgan fingerprint density at radius 2 is 1.66 bits per heavy atom. The van der Waals surface area contributed by atoms with Crippen molar-refractivity contribution in [2.75, 3.05) is 25.0 Å². The highest BCUT2D eigenvalue weighted by Gasteiger charge is 2.10. The highest BCUT2D eigenvalue weighted by Crippen LogP contribution is 2.13. The molecule has 1 aliphatic rings. The molecule has 0 bridgehead atoms. The number of likely N-dealkylation sites (tertiary alicyclic amines) is 1. The summed E-state index contributed by atoms with van der Waals surface area (Å²) in [6, 6.07) is 15.5. The number of carbonyl (C=O) groups is 2. The van der Waals surface area contributed by atoms with Crippen LogP contribution in [0.4, 0.5) is 10.5 Å². The van der Waals surface area contributed by atoms with Crippen molar-refractivity contribution in [1.82, 2.24) is 15.5 Å². The van der Waals surface area contributed by atoms with Gasteiger partial charge in [-0.25, -0.2) is 4.79 Å². The molecule has 0 saturated carbocycles. The number of amides is 3. The molecule has 3 amide bonds. The van der Waals surface area contributed by atoms with Gasteiger partial charge in [0.15, 0.2) is 0 Å². The largest absolute Gasteiger partial charge is 0.350 e. The number of aryl methyl sites for hydroxylation is 1. The van der Waals surface area contributed by atoms with Gasteiger partial charge in [0, 0.05) is 18.8 Å². The van der Waals surface area contributed by atoms with E-state index in [1.165, 1.54) is 37.9 Å². The van der Waals surface area contributed by atoms with Crippen LogP contribution in [0.15, 0.2) is 48.5 Å². The zero-order chi connectivity index (χ0) is 20.5. The van der Waals surface area contributed by atoms with Crippen LogP contribution in [0.1, 0.15) is 36.0 Å². The Balaban J connectivity index is 1.36. The maximum absolute atomic E-state index is 12.0. The van der Waals surface area contributed by atoms with Crippen LogP contribution in [0, 0.1) is 6.92 Å². The fraction of sp³-hybridized carbons (Fsp3) is 0.391. The van der Waals surface area contributed by atoms with Crippen LogP contribution >= 0.6 is 0 Å². The van der Waals surface area contributed by atoms with E-state index < -0.39 is 6.03 Å². The topological polar surface area (TPSA) is 73.5 Å². The lowest BCUT2D eigenvalue weighted by Crippen LogP contribution is -2.38. The molecule has 0 aromatic heterocycles. The number of piperidine rings is 1. The average Bonchev–Trinajstić information content (AvgIpc) is 2.72. The van der Waals surface area contributed by atoms with Gasteiger partial charge in [0.1, 0.15) is 0 Å². The van der Waals surface area contributed by atoms with Gasteiger partial charge < -0.3 is 16.0 Å². The van der Waals surface area contributed by atoms with Gasteiger partial charge >= 0.3 is 6.03 Å². The molecule has 0 radical (unpaired) electrons. The van der Waals surface area contributed by atoms with Crippen molar-refractivity contribution in [3.8, 4) is 0 Å². The standard InChI is InChI=1S/C23H30N4O2/c1-18-6-5-7-21(14-18)26-23(29)25-16-22(28)24-15-19-8-10-20(11-9-19)17-27-12-3-2-4-13-27/h5-11,14H,2-4,12-13,15-17H2,1H3,(H,24,28)(H2,25,26,29). The lowest BCUT2D eigenvalue weighted by molar-refractivity contribution is -0.120. The first-order valence-electron chi connectivity index (χ1n) is 10.3. The fourth-order valence-electron chi connectivity index (χ4n) is 3.46. The Labute approximate surface area is 172 Å². The number of anilines is 1. The summed E-state index contributed by atoms with van der Waals surface area (Å²) in [5, 5.41) is 8.13. The van der Waals surface area contributed by atoms with E-state index in [1.54, 1.807) is 0 Å². The van der Waals surface area contributed by atoms with Gasteiger partial charge in [0.25, 0.3) is 0 Å². The van der Waals surface area contributed by atoms with Crippen molar-refractivity contribution >= 4 is 17.6 Å². The predicted molar refractivity (Wildman–Crippen MR) is 116 cm³/mol. The van der Waals surface area contributed by atoms with Gasteiger partial charge in [-0.3, -0.25) is 9.69 Å². The molecular weight excluding hydrogens is 364 g/mol. The molecule has 0 atom stereocenters. The van der Waals surface area contributed by atoms with Crippen LogP contribution in [0.3, 0.4) is 0 Å². The molecule has 1 heterocycles. The number of hydrogen-bond acceptors (Lipinski definition) is 3. The van der Waals surface area contributed by atoms with Crippen molar-refractivity contribution in [2.45, 2.75) is 39.3 Å². The normalized spacial score (nSPS) is 14.2. The van der Waals surface area contributed by atoms with Crippen LogP contribution in [0.25, 0.3) is 0 Å². The summed E-state index contributed by atoms with van der Waals surface area (Å²) < 4.78 is 0. The minimum absolute atomic E-state index is 0.0648. The maximum atomic E-state index is 12.0. The summed E-state index contributed by atoms with van der Waals surface area (Å²) in [5.41, 5.74) is 4.11. The quantitative estimate of drug-likeness (QED) is 0.674.